The van der Waals surface area contributed by atoms with Gasteiger partial charge in [0.05, 0.1) is 0 Å². The van der Waals surface area contributed by atoms with E-state index in [9.17, 15) is 4.39 Å². The summed E-state index contributed by atoms with van der Waals surface area (Å²) in [5.74, 6) is 0.516. The second kappa shape index (κ2) is 7.90. The Labute approximate surface area is 118 Å². The van der Waals surface area contributed by atoms with Gasteiger partial charge in [-0.3, -0.25) is 0 Å². The summed E-state index contributed by atoms with van der Waals surface area (Å²) in [7, 11) is 0. The van der Waals surface area contributed by atoms with Crippen LogP contribution >= 0.6 is 15.9 Å². The summed E-state index contributed by atoms with van der Waals surface area (Å²) < 4.78 is 14.9. The molecule has 3 heteroatoms. The van der Waals surface area contributed by atoms with Crippen LogP contribution in [-0.4, -0.2) is 6.54 Å². The van der Waals surface area contributed by atoms with E-state index in [1.807, 2.05) is 6.07 Å². The average Bonchev–Trinajstić information content (AvgIpc) is 2.35. The molecule has 1 aromatic carbocycles. The molecule has 1 nitrogen and oxygen atoms in total. The summed E-state index contributed by atoms with van der Waals surface area (Å²) in [6.45, 7) is 7.32. The molecule has 0 aliphatic carbocycles. The molecule has 0 fully saturated rings. The van der Waals surface area contributed by atoms with Gasteiger partial charge < -0.3 is 5.32 Å². The summed E-state index contributed by atoms with van der Waals surface area (Å²) in [5, 5.41) is 3.41. The van der Waals surface area contributed by atoms with Crippen LogP contribution in [0.15, 0.2) is 22.7 Å². The predicted molar refractivity (Wildman–Crippen MR) is 79.2 cm³/mol. The molecule has 0 aliphatic rings. The van der Waals surface area contributed by atoms with E-state index in [1.165, 1.54) is 6.07 Å². The SMILES string of the molecule is CCNC(CC(CC)CC)c1c(F)cccc1Br. The van der Waals surface area contributed by atoms with Crippen LogP contribution in [0.25, 0.3) is 0 Å². The highest BCUT2D eigenvalue weighted by atomic mass is 79.9. The van der Waals surface area contributed by atoms with Crippen molar-refractivity contribution in [2.45, 2.75) is 46.1 Å². The van der Waals surface area contributed by atoms with Crippen molar-refractivity contribution in [1.29, 1.82) is 0 Å². The van der Waals surface area contributed by atoms with Crippen LogP contribution in [0, 0.1) is 11.7 Å². The predicted octanol–water partition coefficient (Wildman–Crippen LogP) is 5.07. The molecular formula is C15H23BrFN. The smallest absolute Gasteiger partial charge is 0.129 e. The first kappa shape index (κ1) is 15.6. The Balaban J connectivity index is 2.96. The number of halogens is 2. The molecule has 1 N–H and O–H groups in total. The maximum atomic E-state index is 14.0. The molecule has 18 heavy (non-hydrogen) atoms. The van der Waals surface area contributed by atoms with Crippen molar-refractivity contribution in [2.24, 2.45) is 5.92 Å². The molecule has 0 spiro atoms. The lowest BCUT2D eigenvalue weighted by molar-refractivity contribution is 0.367. The zero-order chi connectivity index (χ0) is 13.5. The van der Waals surface area contributed by atoms with Crippen molar-refractivity contribution < 1.29 is 4.39 Å². The number of rotatable bonds is 7. The topological polar surface area (TPSA) is 12.0 Å². The highest BCUT2D eigenvalue weighted by Crippen LogP contribution is 2.32. The van der Waals surface area contributed by atoms with Crippen LogP contribution in [0.1, 0.15) is 51.6 Å². The minimum absolute atomic E-state index is 0.0930. The van der Waals surface area contributed by atoms with Gasteiger partial charge in [0.2, 0.25) is 0 Å². The van der Waals surface area contributed by atoms with Gasteiger partial charge in [0.25, 0.3) is 0 Å². The number of benzene rings is 1. The Morgan fingerprint density at radius 1 is 1.22 bits per heavy atom. The van der Waals surface area contributed by atoms with Gasteiger partial charge in [-0.2, -0.15) is 0 Å². The van der Waals surface area contributed by atoms with Crippen molar-refractivity contribution in [3.63, 3.8) is 0 Å². The van der Waals surface area contributed by atoms with Crippen LogP contribution in [0.3, 0.4) is 0 Å². The molecule has 0 amide bonds. The van der Waals surface area contributed by atoms with E-state index in [0.29, 0.717) is 5.92 Å². The molecule has 0 radical (unpaired) electrons. The van der Waals surface area contributed by atoms with Gasteiger partial charge in [-0.1, -0.05) is 55.6 Å². The number of nitrogens with one attached hydrogen (secondary N) is 1. The molecule has 1 rings (SSSR count). The maximum absolute atomic E-state index is 14.0. The summed E-state index contributed by atoms with van der Waals surface area (Å²) >= 11 is 3.47. The standard InChI is InChI=1S/C15H23BrFN/c1-4-11(5-2)10-14(18-6-3)15-12(16)8-7-9-13(15)17/h7-9,11,14,18H,4-6,10H2,1-3H3. The monoisotopic (exact) mass is 315 g/mol. The van der Waals surface area contributed by atoms with Crippen LogP contribution in [-0.2, 0) is 0 Å². The molecule has 0 heterocycles. The maximum Gasteiger partial charge on any atom is 0.129 e. The average molecular weight is 316 g/mol. The highest BCUT2D eigenvalue weighted by Gasteiger charge is 2.20. The van der Waals surface area contributed by atoms with Crippen molar-refractivity contribution in [2.75, 3.05) is 6.54 Å². The minimum atomic E-state index is -0.124. The van der Waals surface area contributed by atoms with E-state index in [0.717, 1.165) is 35.8 Å². The molecule has 0 aliphatic heterocycles. The Hall–Kier alpha value is -0.410. The van der Waals surface area contributed by atoms with Crippen molar-refractivity contribution in [3.8, 4) is 0 Å². The molecular weight excluding hydrogens is 293 g/mol. The van der Waals surface area contributed by atoms with Gasteiger partial charge >= 0.3 is 0 Å². The van der Waals surface area contributed by atoms with E-state index in [2.05, 4.69) is 42.0 Å². The third-order valence-corrected chi connectivity index (χ3v) is 4.21. The van der Waals surface area contributed by atoms with Crippen molar-refractivity contribution in [3.05, 3.63) is 34.1 Å². The van der Waals surface area contributed by atoms with Crippen molar-refractivity contribution >= 4 is 15.9 Å². The van der Waals surface area contributed by atoms with Crippen LogP contribution < -0.4 is 5.32 Å². The Morgan fingerprint density at radius 3 is 2.39 bits per heavy atom. The summed E-state index contributed by atoms with van der Waals surface area (Å²) in [5.41, 5.74) is 0.770. The van der Waals surface area contributed by atoms with E-state index >= 15 is 0 Å². The third kappa shape index (κ3) is 4.06. The molecule has 0 saturated heterocycles. The zero-order valence-electron chi connectivity index (χ0n) is 11.5. The van der Waals surface area contributed by atoms with Gasteiger partial charge in [0, 0.05) is 16.1 Å². The van der Waals surface area contributed by atoms with E-state index in [4.69, 9.17) is 0 Å². The van der Waals surface area contributed by atoms with Crippen LogP contribution in [0.5, 0.6) is 0 Å². The number of hydrogen-bond acceptors (Lipinski definition) is 1. The summed E-state index contributed by atoms with van der Waals surface area (Å²) in [6.07, 6.45) is 3.27. The van der Waals surface area contributed by atoms with Gasteiger partial charge in [-0.15, -0.1) is 0 Å². The normalized spacial score (nSPS) is 13.0. The second-order valence-electron chi connectivity index (χ2n) is 4.66. The lowest BCUT2D eigenvalue weighted by Gasteiger charge is -2.24. The molecule has 102 valence electrons. The fourth-order valence-electron chi connectivity index (χ4n) is 2.35. The Bertz CT molecular complexity index is 343. The first-order valence-electron chi connectivity index (χ1n) is 6.81. The molecule has 1 aromatic rings. The Morgan fingerprint density at radius 2 is 1.89 bits per heavy atom. The molecule has 0 saturated carbocycles. The van der Waals surface area contributed by atoms with Gasteiger partial charge in [0.15, 0.2) is 0 Å². The minimum Gasteiger partial charge on any atom is -0.310 e. The van der Waals surface area contributed by atoms with E-state index in [1.54, 1.807) is 6.07 Å². The Kier molecular flexibility index (Phi) is 6.87. The largest absolute Gasteiger partial charge is 0.310 e. The lowest BCUT2D eigenvalue weighted by atomic mass is 9.91. The van der Waals surface area contributed by atoms with Gasteiger partial charge in [-0.05, 0) is 31.0 Å². The van der Waals surface area contributed by atoms with E-state index in [-0.39, 0.29) is 11.9 Å². The summed E-state index contributed by atoms with van der Waals surface area (Å²) in [4.78, 5) is 0. The van der Waals surface area contributed by atoms with Gasteiger partial charge in [-0.25, -0.2) is 4.39 Å². The molecule has 1 atom stereocenters. The molecule has 0 bridgehead atoms. The molecule has 0 aromatic heterocycles. The highest BCUT2D eigenvalue weighted by molar-refractivity contribution is 9.10. The third-order valence-electron chi connectivity index (χ3n) is 3.52. The number of hydrogen-bond donors (Lipinski definition) is 1. The van der Waals surface area contributed by atoms with E-state index < -0.39 is 0 Å². The van der Waals surface area contributed by atoms with Gasteiger partial charge in [0.1, 0.15) is 5.82 Å². The first-order chi connectivity index (χ1) is 8.63. The fourth-order valence-corrected chi connectivity index (χ4v) is 2.97. The molecule has 1 unspecified atom stereocenters. The fraction of sp³-hybridized carbons (Fsp3) is 0.600. The zero-order valence-corrected chi connectivity index (χ0v) is 13.1. The van der Waals surface area contributed by atoms with Crippen molar-refractivity contribution in [1.82, 2.24) is 5.32 Å². The van der Waals surface area contributed by atoms with Crippen LogP contribution in [0.4, 0.5) is 4.39 Å². The second-order valence-corrected chi connectivity index (χ2v) is 5.52. The quantitative estimate of drug-likeness (QED) is 0.741. The summed E-state index contributed by atoms with van der Waals surface area (Å²) in [6, 6.07) is 5.28. The lowest BCUT2D eigenvalue weighted by Crippen LogP contribution is -2.24. The van der Waals surface area contributed by atoms with Crippen LogP contribution in [0.2, 0.25) is 0 Å². The first-order valence-corrected chi connectivity index (χ1v) is 7.60.